The lowest BCUT2D eigenvalue weighted by Gasteiger charge is -2.25. The number of benzene rings is 1. The first-order valence-corrected chi connectivity index (χ1v) is 9.16. The SMILES string of the molecule is O=C(CCn1ccc2ccccc21)NC[C@H]1CCCN1c1cccnn1. The standard InChI is InChI=1S/C20H23N5O/c26-20(10-14-24-13-9-16-5-1-2-7-18(16)24)21-15-17-6-4-12-25(17)19-8-3-11-22-23-19/h1-3,5,7-9,11,13,17H,4,6,10,12,14-15H2,(H,21,26)/t17-/m1/s1. The number of hydrogen-bond acceptors (Lipinski definition) is 4. The zero-order valence-corrected chi connectivity index (χ0v) is 14.7. The monoisotopic (exact) mass is 349 g/mol. The molecule has 1 aliphatic heterocycles. The molecule has 0 bridgehead atoms. The van der Waals surface area contributed by atoms with E-state index in [0.29, 0.717) is 25.6 Å². The number of hydrogen-bond donors (Lipinski definition) is 1. The van der Waals surface area contributed by atoms with Crippen LogP contribution < -0.4 is 10.2 Å². The van der Waals surface area contributed by atoms with Gasteiger partial charge in [-0.15, -0.1) is 5.10 Å². The lowest BCUT2D eigenvalue weighted by atomic mass is 10.2. The molecular formula is C20H23N5O. The molecule has 1 aliphatic rings. The predicted molar refractivity (Wildman–Crippen MR) is 102 cm³/mol. The van der Waals surface area contributed by atoms with Gasteiger partial charge in [0.1, 0.15) is 0 Å². The van der Waals surface area contributed by atoms with Crippen LogP contribution in [0.1, 0.15) is 19.3 Å². The number of para-hydroxylation sites is 1. The fraction of sp³-hybridized carbons (Fsp3) is 0.350. The molecule has 134 valence electrons. The van der Waals surface area contributed by atoms with Crippen molar-refractivity contribution >= 4 is 22.6 Å². The molecule has 0 aliphatic carbocycles. The molecule has 3 aromatic rings. The molecule has 1 amide bonds. The smallest absolute Gasteiger partial charge is 0.221 e. The summed E-state index contributed by atoms with van der Waals surface area (Å²) in [6.45, 7) is 2.31. The van der Waals surface area contributed by atoms with Gasteiger partial charge in [0, 0.05) is 50.0 Å². The topological polar surface area (TPSA) is 63.1 Å². The molecule has 1 aromatic carbocycles. The van der Waals surface area contributed by atoms with E-state index < -0.39 is 0 Å². The highest BCUT2D eigenvalue weighted by molar-refractivity contribution is 5.80. The van der Waals surface area contributed by atoms with Crippen LogP contribution in [0.5, 0.6) is 0 Å². The van der Waals surface area contributed by atoms with Crippen molar-refractivity contribution in [2.75, 3.05) is 18.0 Å². The van der Waals surface area contributed by atoms with E-state index >= 15 is 0 Å². The normalized spacial score (nSPS) is 16.9. The van der Waals surface area contributed by atoms with Gasteiger partial charge in [-0.05, 0) is 42.5 Å². The van der Waals surface area contributed by atoms with Crippen molar-refractivity contribution in [1.29, 1.82) is 0 Å². The van der Waals surface area contributed by atoms with Crippen molar-refractivity contribution in [3.05, 3.63) is 54.9 Å². The molecule has 1 saturated heterocycles. The number of amides is 1. The number of nitrogens with zero attached hydrogens (tertiary/aromatic N) is 4. The highest BCUT2D eigenvalue weighted by atomic mass is 16.1. The second kappa shape index (κ2) is 7.56. The van der Waals surface area contributed by atoms with Crippen molar-refractivity contribution in [2.24, 2.45) is 0 Å². The van der Waals surface area contributed by atoms with Crippen LogP contribution in [0.3, 0.4) is 0 Å². The highest BCUT2D eigenvalue weighted by Gasteiger charge is 2.26. The number of carbonyl (C=O) groups excluding carboxylic acids is 1. The molecule has 2 aromatic heterocycles. The first kappa shape index (κ1) is 16.6. The Hall–Kier alpha value is -2.89. The molecule has 4 rings (SSSR count). The van der Waals surface area contributed by atoms with Crippen LogP contribution in [0.2, 0.25) is 0 Å². The summed E-state index contributed by atoms with van der Waals surface area (Å²) in [7, 11) is 0. The minimum atomic E-state index is 0.0915. The quantitative estimate of drug-likeness (QED) is 0.743. The first-order chi connectivity index (χ1) is 12.8. The summed E-state index contributed by atoms with van der Waals surface area (Å²) in [6, 6.07) is 14.5. The number of nitrogens with one attached hydrogen (secondary N) is 1. The summed E-state index contributed by atoms with van der Waals surface area (Å²) in [4.78, 5) is 14.5. The van der Waals surface area contributed by atoms with Crippen LogP contribution in [-0.2, 0) is 11.3 Å². The van der Waals surface area contributed by atoms with Crippen LogP contribution in [0.25, 0.3) is 10.9 Å². The van der Waals surface area contributed by atoms with Gasteiger partial charge in [-0.2, -0.15) is 5.10 Å². The van der Waals surface area contributed by atoms with E-state index in [0.717, 1.165) is 25.2 Å². The van der Waals surface area contributed by atoms with Gasteiger partial charge in [0.25, 0.3) is 0 Å². The van der Waals surface area contributed by atoms with Gasteiger partial charge in [0.05, 0.1) is 0 Å². The van der Waals surface area contributed by atoms with Gasteiger partial charge in [-0.25, -0.2) is 0 Å². The molecule has 3 heterocycles. The number of anilines is 1. The molecule has 0 saturated carbocycles. The summed E-state index contributed by atoms with van der Waals surface area (Å²) >= 11 is 0. The Labute approximate surface area is 152 Å². The highest BCUT2D eigenvalue weighted by Crippen LogP contribution is 2.22. The zero-order valence-electron chi connectivity index (χ0n) is 14.7. The molecule has 1 N–H and O–H groups in total. The van der Waals surface area contributed by atoms with Crippen LogP contribution in [0.15, 0.2) is 54.9 Å². The molecule has 6 nitrogen and oxygen atoms in total. The average Bonchev–Trinajstić information content (AvgIpc) is 3.32. The number of aryl methyl sites for hydroxylation is 1. The fourth-order valence-electron chi connectivity index (χ4n) is 3.67. The molecule has 1 atom stereocenters. The maximum absolute atomic E-state index is 12.3. The van der Waals surface area contributed by atoms with E-state index in [1.54, 1.807) is 6.20 Å². The Bertz CT molecular complexity index is 876. The van der Waals surface area contributed by atoms with Crippen LogP contribution in [0, 0.1) is 0 Å². The van der Waals surface area contributed by atoms with Gasteiger partial charge in [0.15, 0.2) is 5.82 Å². The fourth-order valence-corrected chi connectivity index (χ4v) is 3.67. The Kier molecular flexibility index (Phi) is 4.82. The van der Waals surface area contributed by atoms with Gasteiger partial charge >= 0.3 is 0 Å². The van der Waals surface area contributed by atoms with Crippen LogP contribution >= 0.6 is 0 Å². The van der Waals surface area contributed by atoms with Crippen molar-refractivity contribution in [2.45, 2.75) is 31.8 Å². The summed E-state index contributed by atoms with van der Waals surface area (Å²) < 4.78 is 2.14. The van der Waals surface area contributed by atoms with E-state index in [1.165, 1.54) is 10.9 Å². The number of fused-ring (bicyclic) bond motifs is 1. The van der Waals surface area contributed by atoms with Gasteiger partial charge in [-0.1, -0.05) is 18.2 Å². The first-order valence-electron chi connectivity index (χ1n) is 9.16. The van der Waals surface area contributed by atoms with Crippen molar-refractivity contribution in [3.63, 3.8) is 0 Å². The maximum atomic E-state index is 12.3. The molecule has 26 heavy (non-hydrogen) atoms. The lowest BCUT2D eigenvalue weighted by Crippen LogP contribution is -2.40. The van der Waals surface area contributed by atoms with E-state index in [2.05, 4.69) is 43.2 Å². The Balaban J connectivity index is 1.30. The van der Waals surface area contributed by atoms with Gasteiger partial charge in [0.2, 0.25) is 5.91 Å². The average molecular weight is 349 g/mol. The van der Waals surface area contributed by atoms with Crippen molar-refractivity contribution < 1.29 is 4.79 Å². The minimum absolute atomic E-state index is 0.0915. The summed E-state index contributed by atoms with van der Waals surface area (Å²) in [5.74, 6) is 0.983. The second-order valence-corrected chi connectivity index (χ2v) is 6.69. The van der Waals surface area contributed by atoms with Crippen LogP contribution in [-0.4, -0.2) is 39.8 Å². The Morgan fingerprint density at radius 2 is 2.12 bits per heavy atom. The maximum Gasteiger partial charge on any atom is 0.221 e. The third kappa shape index (κ3) is 3.54. The predicted octanol–water partition coefficient (Wildman–Crippen LogP) is 2.61. The molecular weight excluding hydrogens is 326 g/mol. The minimum Gasteiger partial charge on any atom is -0.354 e. The lowest BCUT2D eigenvalue weighted by molar-refractivity contribution is -0.121. The van der Waals surface area contributed by atoms with E-state index in [-0.39, 0.29) is 5.91 Å². The molecule has 0 spiro atoms. The number of aromatic nitrogens is 3. The van der Waals surface area contributed by atoms with Crippen molar-refractivity contribution in [1.82, 2.24) is 20.1 Å². The molecule has 1 fully saturated rings. The summed E-state index contributed by atoms with van der Waals surface area (Å²) in [6.07, 6.45) is 6.40. The van der Waals surface area contributed by atoms with Gasteiger partial charge in [-0.3, -0.25) is 4.79 Å². The number of carbonyl (C=O) groups is 1. The molecule has 0 radical (unpaired) electrons. The number of rotatable bonds is 6. The zero-order chi connectivity index (χ0) is 17.8. The van der Waals surface area contributed by atoms with E-state index in [4.69, 9.17) is 0 Å². The third-order valence-corrected chi connectivity index (χ3v) is 5.02. The Morgan fingerprint density at radius 1 is 1.19 bits per heavy atom. The molecule has 0 unspecified atom stereocenters. The van der Waals surface area contributed by atoms with E-state index in [9.17, 15) is 4.79 Å². The second-order valence-electron chi connectivity index (χ2n) is 6.69. The third-order valence-electron chi connectivity index (χ3n) is 5.02. The van der Waals surface area contributed by atoms with Crippen molar-refractivity contribution in [3.8, 4) is 0 Å². The van der Waals surface area contributed by atoms with Gasteiger partial charge < -0.3 is 14.8 Å². The van der Waals surface area contributed by atoms with Crippen LogP contribution in [0.4, 0.5) is 5.82 Å². The Morgan fingerprint density at radius 3 is 3.00 bits per heavy atom. The largest absolute Gasteiger partial charge is 0.354 e. The molecule has 6 heteroatoms. The summed E-state index contributed by atoms with van der Waals surface area (Å²) in [5.41, 5.74) is 1.17. The summed E-state index contributed by atoms with van der Waals surface area (Å²) in [5, 5.41) is 12.5. The van der Waals surface area contributed by atoms with E-state index in [1.807, 2.05) is 30.5 Å².